The number of rotatable bonds is 3. The van der Waals surface area contributed by atoms with Crippen molar-refractivity contribution in [3.63, 3.8) is 0 Å². The van der Waals surface area contributed by atoms with Crippen LogP contribution in [-0.2, 0) is 14.4 Å². The van der Waals surface area contributed by atoms with Crippen molar-refractivity contribution in [1.82, 2.24) is 9.80 Å². The number of aliphatic carboxylic acids is 1. The molecule has 0 spiro atoms. The molecule has 0 aromatic carbocycles. The summed E-state index contributed by atoms with van der Waals surface area (Å²) in [4.78, 5) is 37.9. The molecule has 0 saturated carbocycles. The minimum atomic E-state index is -1.13. The van der Waals surface area contributed by atoms with Crippen molar-refractivity contribution in [2.45, 2.75) is 37.5 Å². The summed E-state index contributed by atoms with van der Waals surface area (Å²) in [7, 11) is 0. The molecule has 2 heterocycles. The molecule has 2 aliphatic heterocycles. The summed E-state index contributed by atoms with van der Waals surface area (Å²) in [5.74, 6) is -1.86. The Morgan fingerprint density at radius 2 is 1.86 bits per heavy atom. The highest BCUT2D eigenvalue weighted by Gasteiger charge is 2.44. The second kappa shape index (κ2) is 7.06. The summed E-state index contributed by atoms with van der Waals surface area (Å²) in [6.07, 6.45) is 0.387. The summed E-state index contributed by atoms with van der Waals surface area (Å²) >= 11 is 0. The van der Waals surface area contributed by atoms with Gasteiger partial charge in [-0.15, -0.1) is 12.4 Å². The largest absolute Gasteiger partial charge is 0.480 e. The zero-order chi connectivity index (χ0) is 14.9. The van der Waals surface area contributed by atoms with Gasteiger partial charge in [0.2, 0.25) is 11.8 Å². The summed E-state index contributed by atoms with van der Waals surface area (Å²) < 4.78 is 0. The van der Waals surface area contributed by atoms with E-state index in [1.54, 1.807) is 0 Å². The molecule has 8 nitrogen and oxygen atoms in total. The molecule has 0 aromatic rings. The number of carboxylic acid groups (broad SMARTS) is 1. The van der Waals surface area contributed by atoms with Gasteiger partial charge in [-0.2, -0.15) is 0 Å². The van der Waals surface area contributed by atoms with Gasteiger partial charge in [-0.05, 0) is 12.8 Å². The topological polar surface area (TPSA) is 124 Å². The predicted molar refractivity (Wildman–Crippen MR) is 74.8 cm³/mol. The van der Waals surface area contributed by atoms with Crippen molar-refractivity contribution in [2.24, 2.45) is 5.73 Å². The zero-order valence-corrected chi connectivity index (χ0v) is 12.3. The summed E-state index contributed by atoms with van der Waals surface area (Å²) in [6.45, 7) is 0.284. The van der Waals surface area contributed by atoms with E-state index in [4.69, 9.17) is 10.8 Å². The smallest absolute Gasteiger partial charge is 0.326 e. The average molecular weight is 322 g/mol. The minimum Gasteiger partial charge on any atom is -0.480 e. The Bertz CT molecular complexity index is 433. The number of aliphatic hydroxyl groups excluding tert-OH is 1. The van der Waals surface area contributed by atoms with E-state index in [-0.39, 0.29) is 37.8 Å². The maximum atomic E-state index is 12.5. The van der Waals surface area contributed by atoms with Gasteiger partial charge in [0, 0.05) is 19.5 Å². The number of carbonyl (C=O) groups is 3. The van der Waals surface area contributed by atoms with E-state index in [2.05, 4.69) is 0 Å². The lowest BCUT2D eigenvalue weighted by atomic mass is 10.1. The van der Waals surface area contributed by atoms with Crippen LogP contribution in [0.1, 0.15) is 19.3 Å². The number of carboxylic acids is 1. The highest BCUT2D eigenvalue weighted by atomic mass is 35.5. The monoisotopic (exact) mass is 321 g/mol. The van der Waals surface area contributed by atoms with Gasteiger partial charge in [0.05, 0.1) is 12.6 Å². The second-order valence-corrected chi connectivity index (χ2v) is 5.18. The Balaban J connectivity index is 0.00000220. The van der Waals surface area contributed by atoms with Crippen molar-refractivity contribution in [2.75, 3.05) is 19.6 Å². The number of β-amino-alcohol motifs (C(OH)–C–C–N with tert-alkyl or cyclic N) is 1. The van der Waals surface area contributed by atoms with Crippen LogP contribution in [0.15, 0.2) is 0 Å². The van der Waals surface area contributed by atoms with Crippen LogP contribution < -0.4 is 5.73 Å². The molecule has 2 saturated heterocycles. The molecule has 2 aliphatic rings. The fraction of sp³-hybridized carbons (Fsp3) is 0.750. The molecule has 21 heavy (non-hydrogen) atoms. The molecule has 0 unspecified atom stereocenters. The number of hydrogen-bond donors (Lipinski definition) is 3. The SMILES string of the molecule is Cl.NCC(=O)N1CCC[C@H]1C(=O)N1C[C@H](O)C[C@H]1C(=O)O. The lowest BCUT2D eigenvalue weighted by molar-refractivity contribution is -0.151. The van der Waals surface area contributed by atoms with Crippen LogP contribution in [0.25, 0.3) is 0 Å². The number of halogens is 1. The van der Waals surface area contributed by atoms with Crippen molar-refractivity contribution >= 4 is 30.2 Å². The number of hydrogen-bond acceptors (Lipinski definition) is 5. The Hall–Kier alpha value is -1.38. The number of amides is 2. The van der Waals surface area contributed by atoms with E-state index >= 15 is 0 Å². The first kappa shape index (κ1) is 17.7. The van der Waals surface area contributed by atoms with Crippen molar-refractivity contribution < 1.29 is 24.6 Å². The van der Waals surface area contributed by atoms with E-state index in [1.165, 1.54) is 9.80 Å². The van der Waals surface area contributed by atoms with Crippen molar-refractivity contribution in [3.05, 3.63) is 0 Å². The van der Waals surface area contributed by atoms with Crippen LogP contribution in [-0.4, -0.2) is 75.6 Å². The first-order chi connectivity index (χ1) is 9.45. The highest BCUT2D eigenvalue weighted by Crippen LogP contribution is 2.25. The van der Waals surface area contributed by atoms with E-state index in [1.807, 2.05) is 0 Å². The molecule has 0 aliphatic carbocycles. The van der Waals surface area contributed by atoms with E-state index in [9.17, 15) is 19.5 Å². The van der Waals surface area contributed by atoms with Gasteiger partial charge in [0.1, 0.15) is 12.1 Å². The van der Waals surface area contributed by atoms with Gasteiger partial charge in [-0.25, -0.2) is 4.79 Å². The van der Waals surface area contributed by atoms with Gasteiger partial charge in [-0.3, -0.25) is 9.59 Å². The fourth-order valence-electron chi connectivity index (χ4n) is 2.92. The first-order valence-corrected chi connectivity index (χ1v) is 6.66. The number of nitrogens with two attached hydrogens (primary N) is 1. The minimum absolute atomic E-state index is 0. The molecular weight excluding hydrogens is 302 g/mol. The Labute approximate surface area is 128 Å². The number of aliphatic hydroxyl groups is 1. The second-order valence-electron chi connectivity index (χ2n) is 5.18. The third-order valence-electron chi connectivity index (χ3n) is 3.88. The van der Waals surface area contributed by atoms with Crippen LogP contribution in [0.2, 0.25) is 0 Å². The molecule has 9 heteroatoms. The van der Waals surface area contributed by atoms with Gasteiger partial charge < -0.3 is 25.7 Å². The summed E-state index contributed by atoms with van der Waals surface area (Å²) in [5.41, 5.74) is 5.32. The first-order valence-electron chi connectivity index (χ1n) is 6.66. The van der Waals surface area contributed by atoms with E-state index < -0.39 is 30.1 Å². The third-order valence-corrected chi connectivity index (χ3v) is 3.88. The quantitative estimate of drug-likeness (QED) is 0.575. The lowest BCUT2D eigenvalue weighted by Gasteiger charge is -2.29. The molecule has 0 bridgehead atoms. The maximum absolute atomic E-state index is 12.5. The molecule has 2 fully saturated rings. The van der Waals surface area contributed by atoms with Crippen LogP contribution >= 0.6 is 12.4 Å². The predicted octanol–water partition coefficient (Wildman–Crippen LogP) is -1.60. The van der Waals surface area contributed by atoms with Gasteiger partial charge in [-0.1, -0.05) is 0 Å². The number of likely N-dealkylation sites (tertiary alicyclic amines) is 2. The molecule has 0 aromatic heterocycles. The summed E-state index contributed by atoms with van der Waals surface area (Å²) in [6, 6.07) is -1.67. The van der Waals surface area contributed by atoms with Gasteiger partial charge in [0.15, 0.2) is 0 Å². The Morgan fingerprint density at radius 1 is 1.19 bits per heavy atom. The van der Waals surface area contributed by atoms with E-state index in [0.29, 0.717) is 19.4 Å². The lowest BCUT2D eigenvalue weighted by Crippen LogP contribution is -2.52. The fourth-order valence-corrected chi connectivity index (χ4v) is 2.92. The maximum Gasteiger partial charge on any atom is 0.326 e. The molecule has 2 amide bonds. The number of carbonyl (C=O) groups excluding carboxylic acids is 2. The molecular formula is C12H20ClN3O5. The molecule has 3 atom stereocenters. The zero-order valence-electron chi connectivity index (χ0n) is 11.5. The Morgan fingerprint density at radius 3 is 2.43 bits per heavy atom. The third kappa shape index (κ3) is 3.45. The van der Waals surface area contributed by atoms with Crippen molar-refractivity contribution in [1.29, 1.82) is 0 Å². The normalized spacial score (nSPS) is 28.4. The van der Waals surface area contributed by atoms with Crippen LogP contribution in [0, 0.1) is 0 Å². The Kier molecular flexibility index (Phi) is 5.94. The molecule has 4 N–H and O–H groups in total. The average Bonchev–Trinajstić information content (AvgIpc) is 3.03. The van der Waals surface area contributed by atoms with Crippen LogP contribution in [0.3, 0.4) is 0 Å². The number of nitrogens with zero attached hydrogens (tertiary/aromatic N) is 2. The molecule has 0 radical (unpaired) electrons. The summed E-state index contributed by atoms with van der Waals surface area (Å²) in [5, 5.41) is 18.7. The van der Waals surface area contributed by atoms with Crippen molar-refractivity contribution in [3.8, 4) is 0 Å². The van der Waals surface area contributed by atoms with Crippen LogP contribution in [0.5, 0.6) is 0 Å². The molecule has 2 rings (SSSR count). The van der Waals surface area contributed by atoms with Gasteiger partial charge >= 0.3 is 5.97 Å². The van der Waals surface area contributed by atoms with E-state index in [0.717, 1.165) is 0 Å². The van der Waals surface area contributed by atoms with Crippen LogP contribution in [0.4, 0.5) is 0 Å². The molecule has 120 valence electrons. The van der Waals surface area contributed by atoms with Gasteiger partial charge in [0.25, 0.3) is 0 Å². The highest BCUT2D eigenvalue weighted by molar-refractivity contribution is 5.91. The standard InChI is InChI=1S/C12H19N3O5.ClH/c13-5-10(17)14-3-1-2-8(14)11(18)15-6-7(16)4-9(15)12(19)20;/h7-9,16H,1-6,13H2,(H,19,20);1H/t7-,8+,9+;/m1./s1.